The van der Waals surface area contributed by atoms with Gasteiger partial charge in [0.05, 0.1) is 19.6 Å². The zero-order valence-electron chi connectivity index (χ0n) is 13.6. The maximum absolute atomic E-state index is 12.7. The van der Waals surface area contributed by atoms with E-state index in [4.69, 9.17) is 14.6 Å². The third kappa shape index (κ3) is 4.69. The maximum Gasteiger partial charge on any atom is 0.305 e. The molecule has 0 bridgehead atoms. The second-order valence-corrected chi connectivity index (χ2v) is 5.71. The van der Waals surface area contributed by atoms with Crippen LogP contribution in [0.1, 0.15) is 35.2 Å². The summed E-state index contributed by atoms with van der Waals surface area (Å²) in [5.74, 6) is -0.470. The first-order chi connectivity index (χ1) is 11.0. The molecule has 1 fully saturated rings. The molecule has 0 radical (unpaired) electrons. The largest absolute Gasteiger partial charge is 0.496 e. The number of nitrogens with zero attached hydrogens (tertiary/aromatic N) is 1. The molecule has 1 aliphatic heterocycles. The number of carboxylic acid groups (broad SMARTS) is 1. The van der Waals surface area contributed by atoms with E-state index in [1.165, 1.54) is 0 Å². The van der Waals surface area contributed by atoms with E-state index in [2.05, 4.69) is 0 Å². The summed E-state index contributed by atoms with van der Waals surface area (Å²) in [6.07, 6.45) is 1.78. The van der Waals surface area contributed by atoms with Crippen LogP contribution in [-0.4, -0.2) is 54.8 Å². The second kappa shape index (κ2) is 7.97. The molecule has 0 saturated carbocycles. The number of amides is 1. The van der Waals surface area contributed by atoms with Crippen LogP contribution in [0, 0.1) is 6.92 Å². The number of aryl methyl sites for hydroxylation is 1. The Morgan fingerprint density at radius 3 is 2.83 bits per heavy atom. The van der Waals surface area contributed by atoms with Gasteiger partial charge in [-0.2, -0.15) is 0 Å². The van der Waals surface area contributed by atoms with Gasteiger partial charge < -0.3 is 19.5 Å². The van der Waals surface area contributed by atoms with Gasteiger partial charge in [-0.1, -0.05) is 6.07 Å². The summed E-state index contributed by atoms with van der Waals surface area (Å²) in [5, 5.41) is 8.90. The summed E-state index contributed by atoms with van der Waals surface area (Å²) >= 11 is 0. The fourth-order valence-corrected chi connectivity index (χ4v) is 2.68. The fraction of sp³-hybridized carbons (Fsp3) is 0.529. The van der Waals surface area contributed by atoms with Crippen molar-refractivity contribution < 1.29 is 24.2 Å². The predicted octanol–water partition coefficient (Wildman–Crippen LogP) is 2.10. The number of carbonyl (C=O) groups excluding carboxylic acids is 1. The number of ether oxygens (including phenoxy) is 2. The lowest BCUT2D eigenvalue weighted by molar-refractivity contribution is -0.137. The number of hydrogen-bond donors (Lipinski definition) is 1. The Hall–Kier alpha value is -2.08. The van der Waals surface area contributed by atoms with Crippen LogP contribution < -0.4 is 4.74 Å². The van der Waals surface area contributed by atoms with Crippen molar-refractivity contribution in [2.24, 2.45) is 0 Å². The lowest BCUT2D eigenvalue weighted by atomic mass is 10.1. The minimum Gasteiger partial charge on any atom is -0.496 e. The third-order valence-electron chi connectivity index (χ3n) is 3.99. The van der Waals surface area contributed by atoms with Gasteiger partial charge in [0.25, 0.3) is 5.91 Å². The molecule has 1 heterocycles. The Balaban J connectivity index is 2.14. The molecule has 6 nitrogen and oxygen atoms in total. The Morgan fingerprint density at radius 2 is 2.22 bits per heavy atom. The number of benzene rings is 1. The second-order valence-electron chi connectivity index (χ2n) is 5.71. The summed E-state index contributed by atoms with van der Waals surface area (Å²) in [6, 6.07) is 5.26. The van der Waals surface area contributed by atoms with Gasteiger partial charge in [-0.05, 0) is 37.5 Å². The highest BCUT2D eigenvalue weighted by atomic mass is 16.5. The van der Waals surface area contributed by atoms with E-state index in [-0.39, 0.29) is 25.0 Å². The molecule has 1 amide bonds. The molecule has 126 valence electrons. The van der Waals surface area contributed by atoms with Crippen LogP contribution in [0.3, 0.4) is 0 Å². The standard InChI is InChI=1S/C17H23NO5/c1-12-5-6-13(10-15(12)22-2)17(21)18(8-7-16(19)20)11-14-4-3-9-23-14/h5-6,10,14H,3-4,7-9,11H2,1-2H3,(H,19,20). The Kier molecular flexibility index (Phi) is 5.98. The molecule has 1 aromatic carbocycles. The average Bonchev–Trinajstić information content (AvgIpc) is 3.04. The van der Waals surface area contributed by atoms with E-state index in [9.17, 15) is 9.59 Å². The molecule has 1 unspecified atom stereocenters. The van der Waals surface area contributed by atoms with E-state index in [0.29, 0.717) is 24.5 Å². The van der Waals surface area contributed by atoms with E-state index in [0.717, 1.165) is 18.4 Å². The van der Waals surface area contributed by atoms with E-state index >= 15 is 0 Å². The number of aliphatic carboxylic acids is 1. The normalized spacial score (nSPS) is 17.0. The zero-order valence-corrected chi connectivity index (χ0v) is 13.6. The van der Waals surface area contributed by atoms with Crippen LogP contribution in [0.5, 0.6) is 5.75 Å². The molecule has 1 aliphatic rings. The number of hydrogen-bond acceptors (Lipinski definition) is 4. The van der Waals surface area contributed by atoms with Gasteiger partial charge in [-0.15, -0.1) is 0 Å². The van der Waals surface area contributed by atoms with Crippen molar-refractivity contribution in [1.29, 1.82) is 0 Å². The Morgan fingerprint density at radius 1 is 1.43 bits per heavy atom. The number of carboxylic acids is 1. The molecule has 1 atom stereocenters. The predicted molar refractivity (Wildman–Crippen MR) is 84.9 cm³/mol. The zero-order chi connectivity index (χ0) is 16.8. The third-order valence-corrected chi connectivity index (χ3v) is 3.99. The molecule has 23 heavy (non-hydrogen) atoms. The summed E-state index contributed by atoms with van der Waals surface area (Å²) in [4.78, 5) is 25.2. The highest BCUT2D eigenvalue weighted by Crippen LogP contribution is 2.21. The maximum atomic E-state index is 12.7. The van der Waals surface area contributed by atoms with Crippen molar-refractivity contribution in [3.05, 3.63) is 29.3 Å². The minimum atomic E-state index is -0.920. The van der Waals surface area contributed by atoms with Gasteiger partial charge in [-0.25, -0.2) is 0 Å². The highest BCUT2D eigenvalue weighted by molar-refractivity contribution is 5.95. The van der Waals surface area contributed by atoms with Gasteiger partial charge in [0, 0.05) is 25.3 Å². The first kappa shape index (κ1) is 17.3. The lowest BCUT2D eigenvalue weighted by Gasteiger charge is -2.25. The number of rotatable bonds is 7. The van der Waals surface area contributed by atoms with Gasteiger partial charge in [-0.3, -0.25) is 9.59 Å². The quantitative estimate of drug-likeness (QED) is 0.832. The molecule has 0 spiro atoms. The summed E-state index contributed by atoms with van der Waals surface area (Å²) in [5.41, 5.74) is 1.44. The van der Waals surface area contributed by atoms with Gasteiger partial charge in [0.2, 0.25) is 0 Å². The van der Waals surface area contributed by atoms with Crippen molar-refractivity contribution >= 4 is 11.9 Å². The van der Waals surface area contributed by atoms with Crippen LogP contribution >= 0.6 is 0 Å². The molecule has 0 aliphatic carbocycles. The molecular formula is C17H23NO5. The molecule has 1 N–H and O–H groups in total. The van der Waals surface area contributed by atoms with Crippen molar-refractivity contribution in [3.63, 3.8) is 0 Å². The molecule has 0 aromatic heterocycles. The molecule has 1 saturated heterocycles. The number of methoxy groups -OCH3 is 1. The Bertz CT molecular complexity index is 566. The van der Waals surface area contributed by atoms with Crippen molar-refractivity contribution in [1.82, 2.24) is 4.90 Å². The lowest BCUT2D eigenvalue weighted by Crippen LogP contribution is -2.38. The van der Waals surface area contributed by atoms with Crippen molar-refractivity contribution in [2.45, 2.75) is 32.3 Å². The summed E-state index contributed by atoms with van der Waals surface area (Å²) < 4.78 is 10.8. The SMILES string of the molecule is COc1cc(C(=O)N(CCC(=O)O)CC2CCCO2)ccc1C. The van der Waals surface area contributed by atoms with E-state index in [1.807, 2.05) is 13.0 Å². The smallest absolute Gasteiger partial charge is 0.305 e. The van der Waals surface area contributed by atoms with Crippen LogP contribution in [0.15, 0.2) is 18.2 Å². The van der Waals surface area contributed by atoms with Gasteiger partial charge >= 0.3 is 5.97 Å². The van der Waals surface area contributed by atoms with Gasteiger partial charge in [0.1, 0.15) is 5.75 Å². The number of carbonyl (C=O) groups is 2. The Labute approximate surface area is 136 Å². The van der Waals surface area contributed by atoms with Gasteiger partial charge in [0.15, 0.2) is 0 Å². The molecular weight excluding hydrogens is 298 g/mol. The van der Waals surface area contributed by atoms with Crippen LogP contribution in [0.4, 0.5) is 0 Å². The van der Waals surface area contributed by atoms with E-state index < -0.39 is 5.97 Å². The van der Waals surface area contributed by atoms with Crippen LogP contribution in [-0.2, 0) is 9.53 Å². The fourth-order valence-electron chi connectivity index (χ4n) is 2.68. The van der Waals surface area contributed by atoms with Crippen LogP contribution in [0.2, 0.25) is 0 Å². The minimum absolute atomic E-state index is 0.0138. The average molecular weight is 321 g/mol. The molecule has 2 rings (SSSR count). The van der Waals surface area contributed by atoms with Crippen molar-refractivity contribution in [2.75, 3.05) is 26.8 Å². The summed E-state index contributed by atoms with van der Waals surface area (Å²) in [6.45, 7) is 3.19. The first-order valence-electron chi connectivity index (χ1n) is 7.78. The molecule has 6 heteroatoms. The molecule has 1 aromatic rings. The van der Waals surface area contributed by atoms with E-state index in [1.54, 1.807) is 24.1 Å². The van der Waals surface area contributed by atoms with Crippen LogP contribution in [0.25, 0.3) is 0 Å². The highest BCUT2D eigenvalue weighted by Gasteiger charge is 2.24. The monoisotopic (exact) mass is 321 g/mol. The van der Waals surface area contributed by atoms with Crippen molar-refractivity contribution in [3.8, 4) is 5.75 Å². The first-order valence-corrected chi connectivity index (χ1v) is 7.78. The topological polar surface area (TPSA) is 76.1 Å². The summed E-state index contributed by atoms with van der Waals surface area (Å²) in [7, 11) is 1.56.